The number of carbonyl (C=O) groups excluding carboxylic acids is 2. The second-order valence-electron chi connectivity index (χ2n) is 6.15. The number of alkyl halides is 3. The second kappa shape index (κ2) is 8.53. The summed E-state index contributed by atoms with van der Waals surface area (Å²) in [5.74, 6) is -0.750. The van der Waals surface area contributed by atoms with Crippen molar-refractivity contribution in [2.45, 2.75) is 39.0 Å². The number of amides is 2. The summed E-state index contributed by atoms with van der Waals surface area (Å²) in [6, 6.07) is 2.02. The molecule has 1 unspecified atom stereocenters. The highest BCUT2D eigenvalue weighted by Gasteiger charge is 2.31. The lowest BCUT2D eigenvalue weighted by molar-refractivity contribution is -0.885. The van der Waals surface area contributed by atoms with Gasteiger partial charge in [0.1, 0.15) is 0 Å². The normalized spacial score (nSPS) is 14.1. The highest BCUT2D eigenvalue weighted by atomic mass is 35.5. The fraction of sp³-hybridized carbons (Fsp3) is 0.500. The minimum atomic E-state index is -4.54. The molecule has 9 heteroatoms. The van der Waals surface area contributed by atoms with Crippen molar-refractivity contribution in [3.8, 4) is 0 Å². The van der Waals surface area contributed by atoms with Crippen molar-refractivity contribution in [3.05, 3.63) is 28.8 Å². The standard InChI is InChI=1S/C16H21ClF3N3O2/c1-9(2)21-14(24)8-23(4)10(3)15(25)22-13-7-11(16(18,19)20)5-6-12(13)17/h5-7,9-10H,8H2,1-4H3,(H,21,24)(H,22,25)/p+1/t10-/m1/s1. The van der Waals surface area contributed by atoms with Gasteiger partial charge in [-0.2, -0.15) is 13.2 Å². The van der Waals surface area contributed by atoms with Gasteiger partial charge in [-0.25, -0.2) is 0 Å². The zero-order chi connectivity index (χ0) is 19.4. The molecule has 3 N–H and O–H groups in total. The first kappa shape index (κ1) is 21.2. The second-order valence-corrected chi connectivity index (χ2v) is 6.56. The van der Waals surface area contributed by atoms with Crippen LogP contribution in [0.3, 0.4) is 0 Å². The minimum Gasteiger partial charge on any atom is -0.349 e. The molecule has 5 nitrogen and oxygen atoms in total. The largest absolute Gasteiger partial charge is 0.416 e. The molecule has 0 aliphatic carbocycles. The van der Waals surface area contributed by atoms with E-state index in [4.69, 9.17) is 11.6 Å². The van der Waals surface area contributed by atoms with Crippen LogP contribution >= 0.6 is 11.6 Å². The van der Waals surface area contributed by atoms with Crippen LogP contribution in [-0.2, 0) is 15.8 Å². The van der Waals surface area contributed by atoms with Crippen LogP contribution in [0.1, 0.15) is 26.3 Å². The van der Waals surface area contributed by atoms with Crippen molar-refractivity contribution in [2.24, 2.45) is 0 Å². The molecule has 2 amide bonds. The van der Waals surface area contributed by atoms with E-state index in [1.807, 2.05) is 13.8 Å². The van der Waals surface area contributed by atoms with E-state index in [1.165, 1.54) is 0 Å². The zero-order valence-corrected chi connectivity index (χ0v) is 15.2. The van der Waals surface area contributed by atoms with Gasteiger partial charge < -0.3 is 15.5 Å². The summed E-state index contributed by atoms with van der Waals surface area (Å²) in [6.07, 6.45) is -4.54. The maximum atomic E-state index is 12.8. The van der Waals surface area contributed by atoms with Crippen LogP contribution in [0, 0.1) is 0 Å². The number of carbonyl (C=O) groups is 2. The van der Waals surface area contributed by atoms with Gasteiger partial charge in [0.25, 0.3) is 11.8 Å². The Kier molecular flexibility index (Phi) is 7.25. The van der Waals surface area contributed by atoms with Gasteiger partial charge in [0, 0.05) is 6.04 Å². The van der Waals surface area contributed by atoms with Gasteiger partial charge in [-0.05, 0) is 39.0 Å². The lowest BCUT2D eigenvalue weighted by atomic mass is 10.2. The maximum Gasteiger partial charge on any atom is 0.416 e. The smallest absolute Gasteiger partial charge is 0.349 e. The lowest BCUT2D eigenvalue weighted by Gasteiger charge is -2.21. The van der Waals surface area contributed by atoms with Gasteiger partial charge in [-0.1, -0.05) is 11.6 Å². The third-order valence-electron chi connectivity index (χ3n) is 3.57. The van der Waals surface area contributed by atoms with E-state index < -0.39 is 23.7 Å². The van der Waals surface area contributed by atoms with Gasteiger partial charge in [-0.3, -0.25) is 9.59 Å². The van der Waals surface area contributed by atoms with Crippen LogP contribution < -0.4 is 15.5 Å². The summed E-state index contributed by atoms with van der Waals surface area (Å²) >= 11 is 5.86. The summed E-state index contributed by atoms with van der Waals surface area (Å²) < 4.78 is 38.3. The molecule has 0 aliphatic heterocycles. The Morgan fingerprint density at radius 2 is 1.84 bits per heavy atom. The Morgan fingerprint density at radius 3 is 2.36 bits per heavy atom. The van der Waals surface area contributed by atoms with Crippen LogP contribution in [0.15, 0.2) is 18.2 Å². The Bertz CT molecular complexity index is 636. The maximum absolute atomic E-state index is 12.8. The summed E-state index contributed by atoms with van der Waals surface area (Å²) in [5, 5.41) is 5.11. The fourth-order valence-corrected chi connectivity index (χ4v) is 2.21. The molecule has 0 saturated heterocycles. The molecular weight excluding hydrogens is 359 g/mol. The summed E-state index contributed by atoms with van der Waals surface area (Å²) in [5.41, 5.74) is -1.02. The lowest BCUT2D eigenvalue weighted by Crippen LogP contribution is -3.15. The average molecular weight is 381 g/mol. The summed E-state index contributed by atoms with van der Waals surface area (Å²) in [7, 11) is 1.65. The number of rotatable bonds is 6. The van der Waals surface area contributed by atoms with Crippen molar-refractivity contribution < 1.29 is 27.7 Å². The Morgan fingerprint density at radius 1 is 1.24 bits per heavy atom. The van der Waals surface area contributed by atoms with E-state index in [9.17, 15) is 22.8 Å². The van der Waals surface area contributed by atoms with Gasteiger partial charge >= 0.3 is 6.18 Å². The number of anilines is 1. The summed E-state index contributed by atoms with van der Waals surface area (Å²) in [4.78, 5) is 24.6. The van der Waals surface area contributed by atoms with Crippen LogP contribution in [0.5, 0.6) is 0 Å². The molecule has 0 radical (unpaired) electrons. The molecule has 2 atom stereocenters. The van der Waals surface area contributed by atoms with Crippen molar-refractivity contribution in [1.82, 2.24) is 5.32 Å². The highest BCUT2D eigenvalue weighted by Crippen LogP contribution is 2.33. The van der Waals surface area contributed by atoms with Crippen molar-refractivity contribution in [2.75, 3.05) is 18.9 Å². The van der Waals surface area contributed by atoms with E-state index >= 15 is 0 Å². The molecule has 1 aromatic rings. The van der Waals surface area contributed by atoms with E-state index in [1.54, 1.807) is 14.0 Å². The molecular formula is C16H22ClF3N3O2+. The van der Waals surface area contributed by atoms with Gasteiger partial charge in [-0.15, -0.1) is 0 Å². The van der Waals surface area contributed by atoms with Crippen LogP contribution in [0.25, 0.3) is 0 Å². The summed E-state index contributed by atoms with van der Waals surface area (Å²) in [6.45, 7) is 5.27. The quantitative estimate of drug-likeness (QED) is 0.703. The van der Waals surface area contributed by atoms with E-state index in [-0.39, 0.29) is 29.2 Å². The Balaban J connectivity index is 2.79. The first-order valence-electron chi connectivity index (χ1n) is 7.71. The monoisotopic (exact) mass is 380 g/mol. The number of hydrogen-bond acceptors (Lipinski definition) is 2. The third-order valence-corrected chi connectivity index (χ3v) is 3.90. The first-order chi connectivity index (χ1) is 11.4. The number of quaternary nitrogens is 1. The molecule has 1 aromatic carbocycles. The zero-order valence-electron chi connectivity index (χ0n) is 14.4. The third kappa shape index (κ3) is 6.55. The molecule has 1 rings (SSSR count). The van der Waals surface area contributed by atoms with Gasteiger partial charge in [0.15, 0.2) is 12.6 Å². The predicted molar refractivity (Wildman–Crippen MR) is 89.6 cm³/mol. The van der Waals surface area contributed by atoms with Crippen molar-refractivity contribution in [3.63, 3.8) is 0 Å². The van der Waals surface area contributed by atoms with Crippen molar-refractivity contribution in [1.29, 1.82) is 0 Å². The van der Waals surface area contributed by atoms with E-state index in [0.29, 0.717) is 4.90 Å². The van der Waals surface area contributed by atoms with Crippen LogP contribution in [-0.4, -0.2) is 37.5 Å². The number of likely N-dealkylation sites (N-methyl/N-ethyl adjacent to an activating group) is 1. The molecule has 0 aromatic heterocycles. The van der Waals surface area contributed by atoms with E-state index in [0.717, 1.165) is 18.2 Å². The number of nitrogens with one attached hydrogen (secondary N) is 3. The minimum absolute atomic E-state index is 0.00348. The SMILES string of the molecule is CC(C)NC(=O)C[NH+](C)[C@H](C)C(=O)Nc1cc(C(F)(F)F)ccc1Cl. The highest BCUT2D eigenvalue weighted by molar-refractivity contribution is 6.33. The number of hydrogen-bond donors (Lipinski definition) is 3. The number of halogens is 4. The fourth-order valence-electron chi connectivity index (χ4n) is 2.04. The molecule has 25 heavy (non-hydrogen) atoms. The molecule has 0 aliphatic rings. The molecule has 0 bridgehead atoms. The van der Waals surface area contributed by atoms with Crippen molar-refractivity contribution >= 4 is 29.1 Å². The molecule has 0 saturated carbocycles. The van der Waals surface area contributed by atoms with Gasteiger partial charge in [0.2, 0.25) is 0 Å². The predicted octanol–water partition coefficient (Wildman–Crippen LogP) is 1.73. The first-order valence-corrected chi connectivity index (χ1v) is 8.09. The Hall–Kier alpha value is -1.80. The average Bonchev–Trinajstić information content (AvgIpc) is 2.46. The number of benzene rings is 1. The topological polar surface area (TPSA) is 62.6 Å². The Labute approximate surface area is 149 Å². The molecule has 0 fully saturated rings. The van der Waals surface area contributed by atoms with Crippen LogP contribution in [0.2, 0.25) is 5.02 Å². The molecule has 0 heterocycles. The van der Waals surface area contributed by atoms with Crippen LogP contribution in [0.4, 0.5) is 18.9 Å². The molecule has 140 valence electrons. The van der Waals surface area contributed by atoms with Gasteiger partial charge in [0.05, 0.1) is 23.3 Å². The molecule has 0 spiro atoms. The van der Waals surface area contributed by atoms with E-state index in [2.05, 4.69) is 10.6 Å².